The number of pyridine rings is 1. The van der Waals surface area contributed by atoms with Gasteiger partial charge in [0.15, 0.2) is 0 Å². The maximum atomic E-state index is 14.0. The molecule has 5 nitrogen and oxygen atoms in total. The highest BCUT2D eigenvalue weighted by molar-refractivity contribution is 5.94. The summed E-state index contributed by atoms with van der Waals surface area (Å²) in [7, 11) is 2.07. The Bertz CT molecular complexity index is 1150. The van der Waals surface area contributed by atoms with Crippen LogP contribution in [0.15, 0.2) is 73.1 Å². The Balaban J connectivity index is 1.48. The molecule has 3 aromatic rings. The molecule has 1 saturated heterocycles. The van der Waals surface area contributed by atoms with Gasteiger partial charge in [-0.2, -0.15) is 0 Å². The molecule has 40 heavy (non-hydrogen) atoms. The fourth-order valence-corrected chi connectivity index (χ4v) is 5.73. The number of benzene rings is 2. The lowest BCUT2D eigenvalue weighted by Crippen LogP contribution is -3.13. The molecular formula is C35H49N4O+. The van der Waals surface area contributed by atoms with Gasteiger partial charge in [-0.25, -0.2) is 0 Å². The Morgan fingerprint density at radius 2 is 1.52 bits per heavy atom. The minimum absolute atomic E-state index is 0.161. The van der Waals surface area contributed by atoms with Gasteiger partial charge in [0.05, 0.1) is 19.6 Å². The number of quaternary nitrogens is 1. The standard InChI is InChI=1S/C35H48N4O/c1-5-6-7-8-29-9-13-31(14-10-29)35(40)39(34-20-25-38(26-21-34)24-19-28(2)3)27-30-11-15-32(16-12-30)37(4)33-17-22-36-23-18-33/h9-18,22-23,28,34H,5-8,19-21,24-27H2,1-4H3/p+1. The van der Waals surface area contributed by atoms with E-state index in [1.54, 1.807) is 4.90 Å². The number of unbranched alkanes of at least 4 members (excludes halogenated alkanes) is 2. The molecule has 1 aromatic heterocycles. The van der Waals surface area contributed by atoms with Crippen LogP contribution in [0.4, 0.5) is 11.4 Å². The second kappa shape index (κ2) is 15.0. The maximum absolute atomic E-state index is 14.0. The highest BCUT2D eigenvalue weighted by atomic mass is 16.2. The quantitative estimate of drug-likeness (QED) is 0.258. The van der Waals surface area contributed by atoms with Gasteiger partial charge in [0, 0.05) is 61.8 Å². The van der Waals surface area contributed by atoms with Gasteiger partial charge in [-0.3, -0.25) is 9.78 Å². The van der Waals surface area contributed by atoms with Crippen molar-refractivity contribution in [3.8, 4) is 0 Å². The van der Waals surface area contributed by atoms with Gasteiger partial charge in [-0.15, -0.1) is 0 Å². The molecule has 5 heteroatoms. The van der Waals surface area contributed by atoms with Crippen LogP contribution in [-0.2, 0) is 13.0 Å². The van der Waals surface area contributed by atoms with Crippen LogP contribution in [0.5, 0.6) is 0 Å². The molecule has 1 amide bonds. The predicted molar refractivity (Wildman–Crippen MR) is 166 cm³/mol. The molecule has 1 fully saturated rings. The summed E-state index contributed by atoms with van der Waals surface area (Å²) in [6.07, 6.45) is 11.8. The van der Waals surface area contributed by atoms with E-state index < -0.39 is 0 Å². The lowest BCUT2D eigenvalue weighted by atomic mass is 9.99. The monoisotopic (exact) mass is 541 g/mol. The normalized spacial score (nSPS) is 17.1. The number of aromatic nitrogens is 1. The molecule has 1 N–H and O–H groups in total. The van der Waals surface area contributed by atoms with E-state index >= 15 is 0 Å². The maximum Gasteiger partial charge on any atom is 0.254 e. The largest absolute Gasteiger partial charge is 0.345 e. The summed E-state index contributed by atoms with van der Waals surface area (Å²) in [6.45, 7) is 11.0. The van der Waals surface area contributed by atoms with Crippen molar-refractivity contribution in [3.63, 3.8) is 0 Å². The lowest BCUT2D eigenvalue weighted by Gasteiger charge is -2.37. The van der Waals surface area contributed by atoms with Gasteiger partial charge in [-0.1, -0.05) is 57.9 Å². The Morgan fingerprint density at radius 1 is 0.900 bits per heavy atom. The Labute approximate surface area is 242 Å². The summed E-state index contributed by atoms with van der Waals surface area (Å²) >= 11 is 0. The van der Waals surface area contributed by atoms with E-state index in [0.29, 0.717) is 6.54 Å². The molecule has 214 valence electrons. The van der Waals surface area contributed by atoms with Crippen LogP contribution < -0.4 is 9.80 Å². The molecule has 1 aliphatic rings. The van der Waals surface area contributed by atoms with Crippen molar-refractivity contribution in [3.05, 3.63) is 89.7 Å². The van der Waals surface area contributed by atoms with Gasteiger partial charge in [0.2, 0.25) is 0 Å². The number of likely N-dealkylation sites (tertiary alicyclic amines) is 1. The van der Waals surface area contributed by atoms with E-state index in [9.17, 15) is 4.79 Å². The van der Waals surface area contributed by atoms with E-state index in [2.05, 4.69) is 79.0 Å². The number of piperidine rings is 1. The molecule has 0 saturated carbocycles. The molecule has 0 atom stereocenters. The topological polar surface area (TPSA) is 40.9 Å². The van der Waals surface area contributed by atoms with E-state index in [-0.39, 0.29) is 11.9 Å². The zero-order valence-corrected chi connectivity index (χ0v) is 25.1. The number of nitrogens with one attached hydrogen (secondary N) is 1. The van der Waals surface area contributed by atoms with Crippen molar-refractivity contribution in [1.82, 2.24) is 9.88 Å². The number of rotatable bonds is 13. The molecule has 0 radical (unpaired) electrons. The fraction of sp³-hybridized carbons (Fsp3) is 0.486. The molecule has 0 spiro atoms. The van der Waals surface area contributed by atoms with Crippen molar-refractivity contribution in [2.24, 2.45) is 5.92 Å². The van der Waals surface area contributed by atoms with Crippen molar-refractivity contribution < 1.29 is 9.69 Å². The van der Waals surface area contributed by atoms with Crippen LogP contribution >= 0.6 is 0 Å². The molecule has 1 aliphatic heterocycles. The zero-order valence-electron chi connectivity index (χ0n) is 25.1. The third-order valence-electron chi connectivity index (χ3n) is 8.44. The molecule has 2 aromatic carbocycles. The third kappa shape index (κ3) is 8.41. The average Bonchev–Trinajstić information content (AvgIpc) is 3.00. The van der Waals surface area contributed by atoms with Gasteiger partial charge in [-0.05, 0) is 72.7 Å². The predicted octanol–water partition coefficient (Wildman–Crippen LogP) is 6.32. The van der Waals surface area contributed by atoms with Crippen LogP contribution in [0.3, 0.4) is 0 Å². The van der Waals surface area contributed by atoms with E-state index in [4.69, 9.17) is 0 Å². The number of hydrogen-bond donors (Lipinski definition) is 1. The van der Waals surface area contributed by atoms with Crippen LogP contribution in [-0.4, -0.2) is 48.5 Å². The molecule has 0 bridgehead atoms. The van der Waals surface area contributed by atoms with Gasteiger partial charge in [0.1, 0.15) is 0 Å². The summed E-state index contributed by atoms with van der Waals surface area (Å²) < 4.78 is 0. The summed E-state index contributed by atoms with van der Waals surface area (Å²) in [4.78, 5) is 24.1. The van der Waals surface area contributed by atoms with E-state index in [1.807, 2.05) is 36.7 Å². The zero-order chi connectivity index (χ0) is 28.3. The number of hydrogen-bond acceptors (Lipinski definition) is 3. The Morgan fingerprint density at radius 3 is 2.15 bits per heavy atom. The average molecular weight is 542 g/mol. The molecule has 2 heterocycles. The number of nitrogens with zero attached hydrogens (tertiary/aromatic N) is 3. The second-order valence-electron chi connectivity index (χ2n) is 11.9. The van der Waals surface area contributed by atoms with Crippen LogP contribution in [0, 0.1) is 5.92 Å². The minimum Gasteiger partial charge on any atom is -0.345 e. The minimum atomic E-state index is 0.161. The van der Waals surface area contributed by atoms with Gasteiger partial charge < -0.3 is 14.7 Å². The third-order valence-corrected chi connectivity index (χ3v) is 8.44. The lowest BCUT2D eigenvalue weighted by molar-refractivity contribution is -0.906. The Hall–Kier alpha value is -3.18. The number of aryl methyl sites for hydroxylation is 1. The fourth-order valence-electron chi connectivity index (χ4n) is 5.73. The first-order chi connectivity index (χ1) is 19.4. The summed E-state index contributed by atoms with van der Waals surface area (Å²) in [6, 6.07) is 21.4. The summed E-state index contributed by atoms with van der Waals surface area (Å²) in [5, 5.41) is 0. The first-order valence-corrected chi connectivity index (χ1v) is 15.4. The molecular weight excluding hydrogens is 492 g/mol. The van der Waals surface area contributed by atoms with Crippen molar-refractivity contribution >= 4 is 17.3 Å². The first-order valence-electron chi connectivity index (χ1n) is 15.4. The number of amides is 1. The number of carbonyl (C=O) groups excluding carboxylic acids is 1. The van der Waals surface area contributed by atoms with E-state index in [0.717, 1.165) is 55.2 Å². The van der Waals surface area contributed by atoms with Crippen LogP contribution in [0.25, 0.3) is 0 Å². The van der Waals surface area contributed by atoms with Gasteiger partial charge >= 0.3 is 0 Å². The summed E-state index contributed by atoms with van der Waals surface area (Å²) in [5.74, 6) is 0.905. The highest BCUT2D eigenvalue weighted by Gasteiger charge is 2.30. The Kier molecular flexibility index (Phi) is 11.2. The van der Waals surface area contributed by atoms with E-state index in [1.165, 1.54) is 43.4 Å². The molecule has 4 rings (SSSR count). The van der Waals surface area contributed by atoms with Crippen molar-refractivity contribution in [2.75, 3.05) is 31.6 Å². The molecule has 0 unspecified atom stereocenters. The number of anilines is 2. The van der Waals surface area contributed by atoms with Crippen LogP contribution in [0.2, 0.25) is 0 Å². The highest BCUT2D eigenvalue weighted by Crippen LogP contribution is 2.25. The first kappa shape index (κ1) is 29.8. The smallest absolute Gasteiger partial charge is 0.254 e. The van der Waals surface area contributed by atoms with Crippen molar-refractivity contribution in [1.29, 1.82) is 0 Å². The van der Waals surface area contributed by atoms with Gasteiger partial charge in [0.25, 0.3) is 5.91 Å². The second-order valence-corrected chi connectivity index (χ2v) is 11.9. The number of carbonyl (C=O) groups is 1. The summed E-state index contributed by atoms with van der Waals surface area (Å²) in [5.41, 5.74) is 5.53. The SMILES string of the molecule is CCCCCc1ccc(C(=O)N(Cc2ccc(N(C)c3ccncc3)cc2)C2CC[NH+](CCC(C)C)CC2)cc1. The molecule has 0 aliphatic carbocycles. The van der Waals surface area contributed by atoms with Crippen LogP contribution in [0.1, 0.15) is 80.8 Å². The van der Waals surface area contributed by atoms with Crippen molar-refractivity contribution in [2.45, 2.75) is 78.3 Å².